The minimum atomic E-state index is -0.412. The molecule has 2 aromatic carbocycles. The number of aliphatic hydroxyl groups excluding tert-OH is 1. The van der Waals surface area contributed by atoms with Crippen LogP contribution in [0, 0.1) is 20.8 Å². The Kier molecular flexibility index (Phi) is 4.67. The summed E-state index contributed by atoms with van der Waals surface area (Å²) in [7, 11) is 0. The number of aryl methyl sites for hydroxylation is 3. The van der Waals surface area contributed by atoms with Crippen LogP contribution in [0.2, 0.25) is 0 Å². The fourth-order valence-electron chi connectivity index (χ4n) is 2.09. The van der Waals surface area contributed by atoms with Gasteiger partial charge in [0.25, 0.3) is 0 Å². The molecule has 0 saturated heterocycles. The highest BCUT2D eigenvalue weighted by Gasteiger charge is 2.11. The first-order valence-corrected chi connectivity index (χ1v) is 7.49. The summed E-state index contributed by atoms with van der Waals surface area (Å²) in [6, 6.07) is 14.6. The molecule has 1 N–H and O–H groups in total. The largest absolute Gasteiger partial charge is 0.388 e. The quantitative estimate of drug-likeness (QED) is 0.830. The lowest BCUT2D eigenvalue weighted by Crippen LogP contribution is -2.03. The molecule has 2 rings (SSSR count). The lowest BCUT2D eigenvalue weighted by molar-refractivity contribution is 0.203. The summed E-state index contributed by atoms with van der Waals surface area (Å²) in [4.78, 5) is 1.21. The predicted molar refractivity (Wildman–Crippen MR) is 82.8 cm³/mol. The lowest BCUT2D eigenvalue weighted by Gasteiger charge is -2.14. The maximum atomic E-state index is 10.3. The van der Waals surface area contributed by atoms with Gasteiger partial charge in [-0.1, -0.05) is 41.5 Å². The van der Waals surface area contributed by atoms with Crippen LogP contribution in [0.3, 0.4) is 0 Å². The van der Waals surface area contributed by atoms with Gasteiger partial charge in [0.1, 0.15) is 0 Å². The van der Waals surface area contributed by atoms with Crippen molar-refractivity contribution in [1.29, 1.82) is 0 Å². The molecule has 0 radical (unpaired) electrons. The molecule has 1 nitrogen and oxygen atoms in total. The minimum Gasteiger partial charge on any atom is -0.388 e. The maximum Gasteiger partial charge on any atom is 0.0886 e. The molecular weight excluding hydrogens is 252 g/mol. The summed E-state index contributed by atoms with van der Waals surface area (Å²) in [6.07, 6.45) is -0.412. The van der Waals surface area contributed by atoms with Crippen molar-refractivity contribution < 1.29 is 5.11 Å². The Balaban J connectivity index is 2.05. The zero-order valence-corrected chi connectivity index (χ0v) is 12.5. The van der Waals surface area contributed by atoms with Crippen molar-refractivity contribution in [1.82, 2.24) is 0 Å². The Hall–Kier alpha value is -1.25. The third kappa shape index (κ3) is 3.85. The van der Waals surface area contributed by atoms with Crippen molar-refractivity contribution in [3.8, 4) is 0 Å². The highest BCUT2D eigenvalue weighted by molar-refractivity contribution is 7.99. The molecule has 1 atom stereocenters. The Labute approximate surface area is 119 Å². The van der Waals surface area contributed by atoms with Crippen LogP contribution in [0.25, 0.3) is 0 Å². The van der Waals surface area contributed by atoms with E-state index in [1.54, 1.807) is 11.8 Å². The third-order valence-electron chi connectivity index (χ3n) is 3.19. The maximum absolute atomic E-state index is 10.3. The Morgan fingerprint density at radius 1 is 1.00 bits per heavy atom. The zero-order chi connectivity index (χ0) is 13.8. The van der Waals surface area contributed by atoms with E-state index in [0.29, 0.717) is 5.75 Å². The van der Waals surface area contributed by atoms with Gasteiger partial charge in [-0.15, -0.1) is 11.8 Å². The highest BCUT2D eigenvalue weighted by atomic mass is 32.2. The van der Waals surface area contributed by atoms with Gasteiger partial charge in [0.05, 0.1) is 6.10 Å². The van der Waals surface area contributed by atoms with Gasteiger partial charge in [0, 0.05) is 10.6 Å². The number of benzene rings is 2. The van der Waals surface area contributed by atoms with E-state index in [4.69, 9.17) is 0 Å². The van der Waals surface area contributed by atoms with Gasteiger partial charge in [-0.25, -0.2) is 0 Å². The fraction of sp³-hybridized carbons (Fsp3) is 0.294. The smallest absolute Gasteiger partial charge is 0.0886 e. The molecule has 2 heteroatoms. The molecule has 19 heavy (non-hydrogen) atoms. The summed E-state index contributed by atoms with van der Waals surface area (Å²) in [5.74, 6) is 0.688. The summed E-state index contributed by atoms with van der Waals surface area (Å²) in [5.41, 5.74) is 4.65. The molecule has 0 amide bonds. The summed E-state index contributed by atoms with van der Waals surface area (Å²) in [5, 5.41) is 10.3. The van der Waals surface area contributed by atoms with Gasteiger partial charge in [-0.2, -0.15) is 0 Å². The Morgan fingerprint density at radius 3 is 2.47 bits per heavy atom. The first-order chi connectivity index (χ1) is 9.06. The first kappa shape index (κ1) is 14.2. The molecule has 0 heterocycles. The molecule has 0 aliphatic heterocycles. The van der Waals surface area contributed by atoms with Crippen molar-refractivity contribution in [2.24, 2.45) is 0 Å². The average Bonchev–Trinajstić information content (AvgIpc) is 2.39. The van der Waals surface area contributed by atoms with Crippen molar-refractivity contribution >= 4 is 11.8 Å². The van der Waals surface area contributed by atoms with E-state index >= 15 is 0 Å². The number of aliphatic hydroxyl groups is 1. The van der Waals surface area contributed by atoms with Gasteiger partial charge >= 0.3 is 0 Å². The zero-order valence-electron chi connectivity index (χ0n) is 11.7. The Morgan fingerprint density at radius 2 is 1.74 bits per heavy atom. The van der Waals surface area contributed by atoms with Gasteiger partial charge in [0.2, 0.25) is 0 Å². The van der Waals surface area contributed by atoms with Crippen LogP contribution in [0.5, 0.6) is 0 Å². The standard InChI is InChI=1S/C17H20OS/c1-12-5-4-6-15(9-12)19-11-17(18)16-10-13(2)7-8-14(16)3/h4-10,17-18H,11H2,1-3H3. The topological polar surface area (TPSA) is 20.2 Å². The van der Waals surface area contributed by atoms with Crippen molar-refractivity contribution in [2.75, 3.05) is 5.75 Å². The van der Waals surface area contributed by atoms with Crippen molar-refractivity contribution in [3.63, 3.8) is 0 Å². The van der Waals surface area contributed by atoms with Crippen molar-refractivity contribution in [3.05, 3.63) is 64.7 Å². The minimum absolute atomic E-state index is 0.412. The molecule has 0 fully saturated rings. The second-order valence-electron chi connectivity index (χ2n) is 5.00. The third-order valence-corrected chi connectivity index (χ3v) is 4.26. The number of rotatable bonds is 4. The molecule has 1 unspecified atom stereocenters. The molecule has 2 aromatic rings. The van der Waals surface area contributed by atoms with E-state index in [9.17, 15) is 5.11 Å². The summed E-state index contributed by atoms with van der Waals surface area (Å²) >= 11 is 1.70. The molecule has 0 aromatic heterocycles. The molecule has 0 aliphatic carbocycles. The highest BCUT2D eigenvalue weighted by Crippen LogP contribution is 2.27. The normalized spacial score (nSPS) is 12.4. The van der Waals surface area contributed by atoms with E-state index in [2.05, 4.69) is 63.2 Å². The Bertz CT molecular complexity index is 563. The van der Waals surface area contributed by atoms with Crippen LogP contribution in [0.4, 0.5) is 0 Å². The molecule has 100 valence electrons. The first-order valence-electron chi connectivity index (χ1n) is 6.51. The summed E-state index contributed by atoms with van der Waals surface area (Å²) in [6.45, 7) is 6.20. The molecule has 0 saturated carbocycles. The van der Waals surface area contributed by atoms with E-state index in [-0.39, 0.29) is 0 Å². The summed E-state index contributed by atoms with van der Waals surface area (Å²) < 4.78 is 0. The number of thioether (sulfide) groups is 1. The van der Waals surface area contributed by atoms with E-state index in [1.807, 2.05) is 0 Å². The second kappa shape index (κ2) is 6.27. The monoisotopic (exact) mass is 272 g/mol. The lowest BCUT2D eigenvalue weighted by atomic mass is 10.0. The van der Waals surface area contributed by atoms with Crippen LogP contribution < -0.4 is 0 Å². The van der Waals surface area contributed by atoms with Crippen LogP contribution >= 0.6 is 11.8 Å². The van der Waals surface area contributed by atoms with E-state index < -0.39 is 6.10 Å². The van der Waals surface area contributed by atoms with Crippen LogP contribution in [-0.2, 0) is 0 Å². The van der Waals surface area contributed by atoms with Gasteiger partial charge < -0.3 is 5.11 Å². The SMILES string of the molecule is Cc1cccc(SCC(O)c2cc(C)ccc2C)c1. The van der Waals surface area contributed by atoms with E-state index in [0.717, 1.165) is 11.1 Å². The number of hydrogen-bond acceptors (Lipinski definition) is 2. The number of hydrogen-bond donors (Lipinski definition) is 1. The second-order valence-corrected chi connectivity index (χ2v) is 6.10. The van der Waals surface area contributed by atoms with Gasteiger partial charge in [-0.05, 0) is 44.0 Å². The van der Waals surface area contributed by atoms with Gasteiger partial charge in [0.15, 0.2) is 0 Å². The fourth-order valence-corrected chi connectivity index (χ4v) is 3.06. The molecule has 0 aliphatic rings. The van der Waals surface area contributed by atoms with Crippen molar-refractivity contribution in [2.45, 2.75) is 31.8 Å². The van der Waals surface area contributed by atoms with Crippen LogP contribution in [-0.4, -0.2) is 10.9 Å². The van der Waals surface area contributed by atoms with Crippen LogP contribution in [0.1, 0.15) is 28.4 Å². The van der Waals surface area contributed by atoms with E-state index in [1.165, 1.54) is 16.0 Å². The molecule has 0 spiro atoms. The van der Waals surface area contributed by atoms with Gasteiger partial charge in [-0.3, -0.25) is 0 Å². The average molecular weight is 272 g/mol. The molecule has 0 bridgehead atoms. The van der Waals surface area contributed by atoms with Crippen LogP contribution in [0.15, 0.2) is 47.4 Å². The molecular formula is C17H20OS. The predicted octanol–water partition coefficient (Wildman–Crippen LogP) is 4.44.